The predicted octanol–water partition coefficient (Wildman–Crippen LogP) is 6.29. The third-order valence-electron chi connectivity index (χ3n) is 6.85. The molecule has 2 heterocycles. The molecular weight excluding hydrogens is 464 g/mol. The van der Waals surface area contributed by atoms with Crippen LogP contribution in [-0.4, -0.2) is 30.4 Å². The smallest absolute Gasteiger partial charge is 0.254 e. The number of benzene rings is 3. The van der Waals surface area contributed by atoms with E-state index in [0.717, 1.165) is 46.1 Å². The van der Waals surface area contributed by atoms with E-state index in [1.807, 2.05) is 72.5 Å². The zero-order valence-electron chi connectivity index (χ0n) is 21.1. The summed E-state index contributed by atoms with van der Waals surface area (Å²) in [5, 5.41) is 3.04. The average Bonchev–Trinajstić information content (AvgIpc) is 3.38. The first kappa shape index (κ1) is 24.4. The average molecular weight is 495 g/mol. The SMILES string of the molecule is CCC(C(=O)Nc1ccc(-c2cc3c(o2)CCN(C(=O)c2ccc(OC)cc2)C3)cc1)c1ccccc1. The van der Waals surface area contributed by atoms with Crippen molar-refractivity contribution in [2.45, 2.75) is 32.2 Å². The summed E-state index contributed by atoms with van der Waals surface area (Å²) in [6.45, 7) is 3.14. The summed E-state index contributed by atoms with van der Waals surface area (Å²) < 4.78 is 11.3. The molecule has 3 aromatic carbocycles. The highest BCUT2D eigenvalue weighted by atomic mass is 16.5. The van der Waals surface area contributed by atoms with Crippen molar-refractivity contribution >= 4 is 17.5 Å². The molecule has 1 N–H and O–H groups in total. The quantitative estimate of drug-likeness (QED) is 0.328. The maximum absolute atomic E-state index is 13.0. The topological polar surface area (TPSA) is 71.8 Å². The van der Waals surface area contributed by atoms with Crippen LogP contribution in [0.2, 0.25) is 0 Å². The highest BCUT2D eigenvalue weighted by Gasteiger charge is 2.25. The Morgan fingerprint density at radius 3 is 2.41 bits per heavy atom. The second-order valence-electron chi connectivity index (χ2n) is 9.20. The third-order valence-corrected chi connectivity index (χ3v) is 6.85. The minimum absolute atomic E-state index is 0.00275. The van der Waals surface area contributed by atoms with Gasteiger partial charge < -0.3 is 19.4 Å². The molecule has 2 amide bonds. The van der Waals surface area contributed by atoms with Crippen LogP contribution in [0.25, 0.3) is 11.3 Å². The van der Waals surface area contributed by atoms with E-state index < -0.39 is 0 Å². The minimum atomic E-state index is -0.193. The Hall–Kier alpha value is -4.32. The number of hydrogen-bond donors (Lipinski definition) is 1. The number of methoxy groups -OCH3 is 1. The summed E-state index contributed by atoms with van der Waals surface area (Å²) in [5.41, 5.74) is 4.35. The van der Waals surface area contributed by atoms with Gasteiger partial charge in [-0.05, 0) is 66.6 Å². The van der Waals surface area contributed by atoms with Crippen LogP contribution in [0.3, 0.4) is 0 Å². The Balaban J connectivity index is 1.25. The molecule has 0 bridgehead atoms. The lowest BCUT2D eigenvalue weighted by Gasteiger charge is -2.26. The Labute approximate surface area is 216 Å². The molecule has 1 atom stereocenters. The number of carbonyl (C=O) groups excluding carboxylic acids is 2. The van der Waals surface area contributed by atoms with Gasteiger partial charge in [0.25, 0.3) is 5.91 Å². The van der Waals surface area contributed by atoms with Crippen LogP contribution in [0.15, 0.2) is 89.3 Å². The molecule has 6 nitrogen and oxygen atoms in total. The summed E-state index contributed by atoms with van der Waals surface area (Å²) in [5.74, 6) is 2.19. The molecule has 37 heavy (non-hydrogen) atoms. The number of nitrogens with zero attached hydrogens (tertiary/aromatic N) is 1. The second-order valence-corrected chi connectivity index (χ2v) is 9.20. The number of ether oxygens (including phenoxy) is 1. The molecule has 1 aromatic heterocycles. The van der Waals surface area contributed by atoms with Crippen molar-refractivity contribution in [2.75, 3.05) is 19.0 Å². The summed E-state index contributed by atoms with van der Waals surface area (Å²) >= 11 is 0. The van der Waals surface area contributed by atoms with E-state index in [9.17, 15) is 9.59 Å². The molecule has 1 unspecified atom stereocenters. The number of carbonyl (C=O) groups is 2. The molecule has 0 radical (unpaired) electrons. The summed E-state index contributed by atoms with van der Waals surface area (Å²) in [6.07, 6.45) is 1.40. The van der Waals surface area contributed by atoms with E-state index in [2.05, 4.69) is 5.32 Å². The standard InChI is InChI=1S/C31H30N2O4/c1-3-27(21-7-5-4-6-8-21)30(34)32-25-13-9-22(10-14-25)29-19-24-20-33(18-17-28(24)37-29)31(35)23-11-15-26(36-2)16-12-23/h4-16,19,27H,3,17-18,20H2,1-2H3,(H,32,34). The molecule has 6 heteroatoms. The molecule has 4 aromatic rings. The highest BCUT2D eigenvalue weighted by Crippen LogP contribution is 2.31. The Kier molecular flexibility index (Phi) is 7.08. The van der Waals surface area contributed by atoms with Crippen LogP contribution in [-0.2, 0) is 17.8 Å². The zero-order chi connectivity index (χ0) is 25.8. The Morgan fingerprint density at radius 2 is 1.73 bits per heavy atom. The van der Waals surface area contributed by atoms with Crippen molar-refractivity contribution in [3.05, 3.63) is 107 Å². The first-order valence-electron chi connectivity index (χ1n) is 12.6. The lowest BCUT2D eigenvalue weighted by molar-refractivity contribution is -0.117. The normalized spacial score (nSPS) is 13.5. The van der Waals surface area contributed by atoms with Gasteiger partial charge in [-0.1, -0.05) is 37.3 Å². The van der Waals surface area contributed by atoms with Crippen molar-refractivity contribution in [3.8, 4) is 17.1 Å². The molecular formula is C31H30N2O4. The van der Waals surface area contributed by atoms with Crippen molar-refractivity contribution in [2.24, 2.45) is 0 Å². The van der Waals surface area contributed by atoms with Crippen LogP contribution in [0, 0.1) is 0 Å². The van der Waals surface area contributed by atoms with E-state index in [1.165, 1.54) is 0 Å². The van der Waals surface area contributed by atoms with Crippen molar-refractivity contribution in [1.29, 1.82) is 0 Å². The van der Waals surface area contributed by atoms with Gasteiger partial charge in [0.2, 0.25) is 5.91 Å². The molecule has 1 aliphatic rings. The maximum Gasteiger partial charge on any atom is 0.254 e. The molecule has 0 spiro atoms. The van der Waals surface area contributed by atoms with Crippen molar-refractivity contribution < 1.29 is 18.7 Å². The van der Waals surface area contributed by atoms with Crippen LogP contribution < -0.4 is 10.1 Å². The molecule has 188 valence electrons. The van der Waals surface area contributed by atoms with Gasteiger partial charge in [0, 0.05) is 41.9 Å². The number of rotatable bonds is 7. The zero-order valence-corrected chi connectivity index (χ0v) is 21.1. The number of furan rings is 1. The molecule has 0 saturated carbocycles. The molecule has 0 fully saturated rings. The maximum atomic E-state index is 13.0. The molecule has 5 rings (SSSR count). The number of nitrogens with one attached hydrogen (secondary N) is 1. The van der Waals surface area contributed by atoms with Crippen molar-refractivity contribution in [1.82, 2.24) is 4.90 Å². The van der Waals surface area contributed by atoms with Gasteiger partial charge in [-0.3, -0.25) is 9.59 Å². The summed E-state index contributed by atoms with van der Waals surface area (Å²) in [4.78, 5) is 27.7. The number of hydrogen-bond acceptors (Lipinski definition) is 4. The Morgan fingerprint density at radius 1 is 1.00 bits per heavy atom. The van der Waals surface area contributed by atoms with Gasteiger partial charge in [-0.15, -0.1) is 0 Å². The van der Waals surface area contributed by atoms with Gasteiger partial charge in [0.05, 0.1) is 13.0 Å². The van der Waals surface area contributed by atoms with E-state index >= 15 is 0 Å². The summed E-state index contributed by atoms with van der Waals surface area (Å²) in [6, 6.07) is 26.7. The number of anilines is 1. The first-order valence-corrected chi connectivity index (χ1v) is 12.6. The third kappa shape index (κ3) is 5.28. The number of amides is 2. The fourth-order valence-electron chi connectivity index (χ4n) is 4.77. The van der Waals surface area contributed by atoms with Crippen molar-refractivity contribution in [3.63, 3.8) is 0 Å². The Bertz CT molecular complexity index is 1380. The van der Waals surface area contributed by atoms with Gasteiger partial charge in [-0.2, -0.15) is 0 Å². The van der Waals surface area contributed by atoms with Gasteiger partial charge in [0.1, 0.15) is 17.3 Å². The fourth-order valence-corrected chi connectivity index (χ4v) is 4.77. The predicted molar refractivity (Wildman–Crippen MR) is 144 cm³/mol. The molecule has 0 saturated heterocycles. The molecule has 0 aliphatic carbocycles. The second kappa shape index (κ2) is 10.7. The number of fused-ring (bicyclic) bond motifs is 1. The monoisotopic (exact) mass is 494 g/mol. The summed E-state index contributed by atoms with van der Waals surface area (Å²) in [7, 11) is 1.61. The van der Waals surface area contributed by atoms with Gasteiger partial charge in [-0.25, -0.2) is 0 Å². The van der Waals surface area contributed by atoms with E-state index in [1.54, 1.807) is 31.4 Å². The highest BCUT2D eigenvalue weighted by molar-refractivity contribution is 5.96. The van der Waals surface area contributed by atoms with Crippen LogP contribution in [0.5, 0.6) is 5.75 Å². The van der Waals surface area contributed by atoms with Gasteiger partial charge >= 0.3 is 0 Å². The van der Waals surface area contributed by atoms with E-state index in [-0.39, 0.29) is 17.7 Å². The lowest BCUT2D eigenvalue weighted by atomic mass is 9.95. The molecule has 1 aliphatic heterocycles. The van der Waals surface area contributed by atoms with Crippen LogP contribution in [0.1, 0.15) is 46.5 Å². The first-order chi connectivity index (χ1) is 18.1. The lowest BCUT2D eigenvalue weighted by Crippen LogP contribution is -2.35. The van der Waals surface area contributed by atoms with Gasteiger partial charge in [0.15, 0.2) is 0 Å². The van der Waals surface area contributed by atoms with E-state index in [4.69, 9.17) is 9.15 Å². The van der Waals surface area contributed by atoms with Crippen LogP contribution in [0.4, 0.5) is 5.69 Å². The largest absolute Gasteiger partial charge is 0.497 e. The van der Waals surface area contributed by atoms with Crippen LogP contribution >= 0.6 is 0 Å². The van der Waals surface area contributed by atoms with E-state index in [0.29, 0.717) is 25.1 Å². The minimum Gasteiger partial charge on any atom is -0.497 e. The fraction of sp³-hybridized carbons (Fsp3) is 0.226.